The standard InChI is InChI=1S/C13H15FN2OS/c1-2-3-4-5-12(17)16-13-15-10-7-6-9(14)8-11(10)18-13/h6-8H,2-5H2,1H3,(H,15,16,17). The van der Waals surface area contributed by atoms with Gasteiger partial charge in [-0.2, -0.15) is 0 Å². The quantitative estimate of drug-likeness (QED) is 0.832. The molecule has 0 aliphatic rings. The fourth-order valence-electron chi connectivity index (χ4n) is 1.67. The van der Waals surface area contributed by atoms with Crippen molar-refractivity contribution in [2.24, 2.45) is 0 Å². The van der Waals surface area contributed by atoms with Gasteiger partial charge in [-0.15, -0.1) is 0 Å². The molecule has 0 aliphatic carbocycles. The van der Waals surface area contributed by atoms with E-state index in [1.54, 1.807) is 6.07 Å². The van der Waals surface area contributed by atoms with E-state index in [-0.39, 0.29) is 11.7 Å². The smallest absolute Gasteiger partial charge is 0.226 e. The minimum Gasteiger partial charge on any atom is -0.302 e. The topological polar surface area (TPSA) is 42.0 Å². The summed E-state index contributed by atoms with van der Waals surface area (Å²) >= 11 is 1.30. The molecule has 3 nitrogen and oxygen atoms in total. The predicted molar refractivity (Wildman–Crippen MR) is 72.3 cm³/mol. The lowest BCUT2D eigenvalue weighted by Crippen LogP contribution is -2.10. The number of unbranched alkanes of at least 4 members (excludes halogenated alkanes) is 2. The van der Waals surface area contributed by atoms with Gasteiger partial charge < -0.3 is 5.32 Å². The Kier molecular flexibility index (Phi) is 4.25. The molecule has 18 heavy (non-hydrogen) atoms. The Morgan fingerprint density at radius 1 is 1.44 bits per heavy atom. The summed E-state index contributed by atoms with van der Waals surface area (Å²) in [7, 11) is 0. The average Bonchev–Trinajstić information content (AvgIpc) is 2.70. The van der Waals surface area contributed by atoms with Gasteiger partial charge in [0.15, 0.2) is 5.13 Å². The van der Waals surface area contributed by atoms with Crippen LogP contribution >= 0.6 is 11.3 Å². The van der Waals surface area contributed by atoms with Crippen molar-refractivity contribution in [2.45, 2.75) is 32.6 Å². The molecule has 0 radical (unpaired) electrons. The van der Waals surface area contributed by atoms with Gasteiger partial charge in [0.25, 0.3) is 0 Å². The van der Waals surface area contributed by atoms with Crippen molar-refractivity contribution in [1.82, 2.24) is 4.98 Å². The summed E-state index contributed by atoms with van der Waals surface area (Å²) in [6, 6.07) is 4.42. The highest BCUT2D eigenvalue weighted by Gasteiger charge is 2.08. The van der Waals surface area contributed by atoms with Crippen molar-refractivity contribution in [1.29, 1.82) is 0 Å². The number of hydrogen-bond donors (Lipinski definition) is 1. The van der Waals surface area contributed by atoms with Gasteiger partial charge in [-0.1, -0.05) is 31.1 Å². The van der Waals surface area contributed by atoms with Crippen LogP contribution in [0.5, 0.6) is 0 Å². The first-order chi connectivity index (χ1) is 8.69. The Bertz CT molecular complexity index is 553. The zero-order chi connectivity index (χ0) is 13.0. The molecule has 0 aliphatic heterocycles. The number of amides is 1. The van der Waals surface area contributed by atoms with E-state index < -0.39 is 0 Å². The molecule has 2 aromatic rings. The summed E-state index contributed by atoms with van der Waals surface area (Å²) in [6.45, 7) is 2.10. The van der Waals surface area contributed by atoms with Crippen molar-refractivity contribution in [2.75, 3.05) is 5.32 Å². The number of nitrogens with one attached hydrogen (secondary N) is 1. The molecule has 1 aromatic heterocycles. The number of aromatic nitrogens is 1. The zero-order valence-corrected chi connectivity index (χ0v) is 11.0. The molecule has 1 amide bonds. The van der Waals surface area contributed by atoms with E-state index in [0.29, 0.717) is 17.1 Å². The van der Waals surface area contributed by atoms with E-state index >= 15 is 0 Å². The average molecular weight is 266 g/mol. The Hall–Kier alpha value is -1.49. The minimum atomic E-state index is -0.285. The number of carbonyl (C=O) groups excluding carboxylic acids is 1. The lowest BCUT2D eigenvalue weighted by molar-refractivity contribution is -0.116. The van der Waals surface area contributed by atoms with E-state index in [2.05, 4.69) is 17.2 Å². The summed E-state index contributed by atoms with van der Waals surface area (Å²) in [4.78, 5) is 15.9. The monoisotopic (exact) mass is 266 g/mol. The number of hydrogen-bond acceptors (Lipinski definition) is 3. The molecule has 96 valence electrons. The van der Waals surface area contributed by atoms with Crippen LogP contribution in [0.3, 0.4) is 0 Å². The second-order valence-corrected chi connectivity index (χ2v) is 5.17. The van der Waals surface area contributed by atoms with Crippen LogP contribution in [0.25, 0.3) is 10.2 Å². The summed E-state index contributed by atoms with van der Waals surface area (Å²) in [5, 5.41) is 3.29. The van der Waals surface area contributed by atoms with Gasteiger partial charge in [0.1, 0.15) is 5.82 Å². The number of nitrogens with zero attached hydrogens (tertiary/aromatic N) is 1. The lowest BCUT2D eigenvalue weighted by Gasteiger charge is -1.99. The molecular formula is C13H15FN2OS. The number of fused-ring (bicyclic) bond motifs is 1. The van der Waals surface area contributed by atoms with Gasteiger partial charge in [-0.25, -0.2) is 9.37 Å². The summed E-state index contributed by atoms with van der Waals surface area (Å²) in [6.07, 6.45) is 3.55. The van der Waals surface area contributed by atoms with Crippen LogP contribution < -0.4 is 5.32 Å². The highest BCUT2D eigenvalue weighted by Crippen LogP contribution is 2.26. The van der Waals surface area contributed by atoms with Gasteiger partial charge in [-0.05, 0) is 24.6 Å². The summed E-state index contributed by atoms with van der Waals surface area (Å²) < 4.78 is 13.8. The Labute approximate surface area is 109 Å². The van der Waals surface area contributed by atoms with Crippen molar-refractivity contribution < 1.29 is 9.18 Å². The number of carbonyl (C=O) groups is 1. The highest BCUT2D eigenvalue weighted by atomic mass is 32.1. The Morgan fingerprint density at radius 2 is 2.28 bits per heavy atom. The largest absolute Gasteiger partial charge is 0.302 e. The van der Waals surface area contributed by atoms with Crippen LogP contribution in [0.4, 0.5) is 9.52 Å². The van der Waals surface area contributed by atoms with E-state index in [1.165, 1.54) is 23.5 Å². The maximum absolute atomic E-state index is 13.0. The molecule has 5 heteroatoms. The van der Waals surface area contributed by atoms with E-state index in [0.717, 1.165) is 24.0 Å². The predicted octanol–water partition coefficient (Wildman–Crippen LogP) is 3.95. The van der Waals surface area contributed by atoms with E-state index in [4.69, 9.17) is 0 Å². The van der Waals surface area contributed by atoms with Crippen LogP contribution in [0.1, 0.15) is 32.6 Å². The highest BCUT2D eigenvalue weighted by molar-refractivity contribution is 7.22. The van der Waals surface area contributed by atoms with Crippen LogP contribution in [0.2, 0.25) is 0 Å². The molecule has 0 saturated heterocycles. The van der Waals surface area contributed by atoms with E-state index in [1.807, 2.05) is 0 Å². The number of halogens is 1. The van der Waals surface area contributed by atoms with Crippen molar-refractivity contribution >= 4 is 32.6 Å². The second-order valence-electron chi connectivity index (χ2n) is 4.14. The van der Waals surface area contributed by atoms with Gasteiger partial charge in [0.2, 0.25) is 5.91 Å². The van der Waals surface area contributed by atoms with Crippen LogP contribution in [0, 0.1) is 5.82 Å². The molecule has 0 bridgehead atoms. The molecule has 0 saturated carbocycles. The molecule has 1 aromatic carbocycles. The first-order valence-corrected chi connectivity index (χ1v) is 6.86. The maximum Gasteiger partial charge on any atom is 0.226 e. The number of anilines is 1. The van der Waals surface area contributed by atoms with Crippen molar-refractivity contribution in [3.05, 3.63) is 24.0 Å². The number of thiazole rings is 1. The third-order valence-corrected chi connectivity index (χ3v) is 3.54. The summed E-state index contributed by atoms with van der Waals surface area (Å²) in [5.74, 6) is -0.310. The molecule has 1 N–H and O–H groups in total. The third-order valence-electron chi connectivity index (χ3n) is 2.60. The van der Waals surface area contributed by atoms with Gasteiger partial charge >= 0.3 is 0 Å². The third kappa shape index (κ3) is 3.26. The Morgan fingerprint density at radius 3 is 3.06 bits per heavy atom. The molecule has 0 unspecified atom stereocenters. The molecule has 0 atom stereocenters. The van der Waals surface area contributed by atoms with E-state index in [9.17, 15) is 9.18 Å². The molecule has 0 spiro atoms. The molecular weight excluding hydrogens is 251 g/mol. The fraction of sp³-hybridized carbons (Fsp3) is 0.385. The fourth-order valence-corrected chi connectivity index (χ4v) is 2.58. The first-order valence-electron chi connectivity index (χ1n) is 6.05. The first kappa shape index (κ1) is 13.0. The van der Waals surface area contributed by atoms with Gasteiger partial charge in [0, 0.05) is 6.42 Å². The molecule has 0 fully saturated rings. The van der Waals surface area contributed by atoms with Crippen LogP contribution in [-0.2, 0) is 4.79 Å². The molecule has 2 rings (SSSR count). The maximum atomic E-state index is 13.0. The lowest BCUT2D eigenvalue weighted by atomic mass is 10.2. The minimum absolute atomic E-state index is 0.0250. The second kappa shape index (κ2) is 5.91. The normalized spacial score (nSPS) is 10.8. The Balaban J connectivity index is 2.01. The van der Waals surface area contributed by atoms with Crippen molar-refractivity contribution in [3.8, 4) is 0 Å². The summed E-state index contributed by atoms with van der Waals surface area (Å²) in [5.41, 5.74) is 0.713. The zero-order valence-electron chi connectivity index (χ0n) is 10.2. The SMILES string of the molecule is CCCCCC(=O)Nc1nc2ccc(F)cc2s1. The van der Waals surface area contributed by atoms with Crippen molar-refractivity contribution in [3.63, 3.8) is 0 Å². The number of benzene rings is 1. The number of rotatable bonds is 5. The molecule has 1 heterocycles. The van der Waals surface area contributed by atoms with Crippen LogP contribution in [-0.4, -0.2) is 10.9 Å². The van der Waals surface area contributed by atoms with Gasteiger partial charge in [0.05, 0.1) is 10.2 Å². The van der Waals surface area contributed by atoms with Gasteiger partial charge in [-0.3, -0.25) is 4.79 Å². The van der Waals surface area contributed by atoms with Crippen LogP contribution in [0.15, 0.2) is 18.2 Å².